The van der Waals surface area contributed by atoms with Crippen molar-refractivity contribution < 1.29 is 0 Å². The van der Waals surface area contributed by atoms with Crippen molar-refractivity contribution in [3.8, 4) is 0 Å². The second-order valence-corrected chi connectivity index (χ2v) is 2.90. The third kappa shape index (κ3) is 3.73. The van der Waals surface area contributed by atoms with Crippen LogP contribution in [0.25, 0.3) is 0 Å². The number of hydrogen-bond acceptors (Lipinski definition) is 0. The van der Waals surface area contributed by atoms with Gasteiger partial charge < -0.3 is 0 Å². The lowest BCUT2D eigenvalue weighted by Crippen LogP contribution is -1.92. The maximum absolute atomic E-state index is 3.69. The van der Waals surface area contributed by atoms with Gasteiger partial charge in [0.2, 0.25) is 0 Å². The molecule has 0 aromatic carbocycles. The molecule has 52 valence electrons. The summed E-state index contributed by atoms with van der Waals surface area (Å²) >= 11 is 2.27. The van der Waals surface area contributed by atoms with Crippen LogP contribution in [0.15, 0.2) is 22.3 Å². The molecule has 0 aliphatic carbocycles. The first kappa shape index (κ1) is 9.21. The van der Waals surface area contributed by atoms with E-state index in [2.05, 4.69) is 47.1 Å². The van der Waals surface area contributed by atoms with Gasteiger partial charge in [-0.2, -0.15) is 0 Å². The van der Waals surface area contributed by atoms with Crippen LogP contribution >= 0.6 is 22.6 Å². The van der Waals surface area contributed by atoms with E-state index in [-0.39, 0.29) is 0 Å². The maximum Gasteiger partial charge on any atom is -0.0192 e. The molecule has 1 atom stereocenters. The molecule has 0 saturated carbocycles. The van der Waals surface area contributed by atoms with Crippen molar-refractivity contribution >= 4 is 22.6 Å². The van der Waals surface area contributed by atoms with E-state index >= 15 is 0 Å². The summed E-state index contributed by atoms with van der Waals surface area (Å²) in [4.78, 5) is 0. The van der Waals surface area contributed by atoms with Gasteiger partial charge in [-0.05, 0) is 23.3 Å². The highest BCUT2D eigenvalue weighted by Crippen LogP contribution is 2.15. The Morgan fingerprint density at radius 1 is 1.78 bits per heavy atom. The maximum atomic E-state index is 3.69. The fourth-order valence-electron chi connectivity index (χ4n) is 0.543. The third-order valence-electron chi connectivity index (χ3n) is 1.47. The van der Waals surface area contributed by atoms with Crippen LogP contribution in [0.3, 0.4) is 0 Å². The van der Waals surface area contributed by atoms with Gasteiger partial charge in [-0.15, -0.1) is 6.58 Å². The van der Waals surface area contributed by atoms with Crippen molar-refractivity contribution in [2.24, 2.45) is 5.92 Å². The Balaban J connectivity index is 3.72. The van der Waals surface area contributed by atoms with Gasteiger partial charge in [0.1, 0.15) is 0 Å². The van der Waals surface area contributed by atoms with Crippen LogP contribution in [0, 0.1) is 5.92 Å². The zero-order valence-corrected chi connectivity index (χ0v) is 8.18. The summed E-state index contributed by atoms with van der Waals surface area (Å²) in [5.74, 6) is 0.666. The normalized spacial score (nSPS) is 15.2. The molecule has 0 bridgehead atoms. The number of allylic oxidation sites excluding steroid dienone is 2. The molecular formula is C8H13I. The summed E-state index contributed by atoms with van der Waals surface area (Å²) in [5, 5.41) is 0. The Bertz CT molecular complexity index is 114. The Kier molecular flexibility index (Phi) is 5.15. The highest BCUT2D eigenvalue weighted by Gasteiger charge is 1.98. The van der Waals surface area contributed by atoms with E-state index in [0.29, 0.717) is 5.92 Å². The van der Waals surface area contributed by atoms with Crippen molar-refractivity contribution in [1.82, 2.24) is 0 Å². The summed E-state index contributed by atoms with van der Waals surface area (Å²) in [7, 11) is 0. The Labute approximate surface area is 71.2 Å². The molecule has 0 aromatic rings. The van der Waals surface area contributed by atoms with Crippen LogP contribution in [0.1, 0.15) is 20.3 Å². The molecular weight excluding hydrogens is 223 g/mol. The summed E-state index contributed by atoms with van der Waals surface area (Å²) < 4.78 is 2.13. The molecule has 0 aliphatic rings. The lowest BCUT2D eigenvalue weighted by atomic mass is 10.0. The molecule has 1 heteroatoms. The Morgan fingerprint density at radius 2 is 2.33 bits per heavy atom. The van der Waals surface area contributed by atoms with Gasteiger partial charge in [-0.3, -0.25) is 0 Å². The third-order valence-corrected chi connectivity index (χ3v) is 2.45. The average molecular weight is 236 g/mol. The molecule has 9 heavy (non-hydrogen) atoms. The minimum absolute atomic E-state index is 0.666. The van der Waals surface area contributed by atoms with E-state index in [1.807, 2.05) is 6.08 Å². The first-order valence-electron chi connectivity index (χ1n) is 3.10. The largest absolute Gasteiger partial charge is 0.103 e. The Morgan fingerprint density at radius 3 is 2.67 bits per heavy atom. The van der Waals surface area contributed by atoms with Crippen molar-refractivity contribution in [3.05, 3.63) is 22.3 Å². The summed E-state index contributed by atoms with van der Waals surface area (Å²) in [6, 6.07) is 0. The molecule has 0 amide bonds. The highest BCUT2D eigenvalue weighted by molar-refractivity contribution is 14.1. The van der Waals surface area contributed by atoms with Gasteiger partial charge in [0.15, 0.2) is 0 Å². The average Bonchev–Trinajstić information content (AvgIpc) is 1.87. The fraction of sp³-hybridized carbons (Fsp3) is 0.500. The van der Waals surface area contributed by atoms with Crippen molar-refractivity contribution in [3.63, 3.8) is 0 Å². The highest BCUT2D eigenvalue weighted by atomic mass is 127. The smallest absolute Gasteiger partial charge is 0.0192 e. The fourth-order valence-corrected chi connectivity index (χ4v) is 1.16. The number of rotatable bonds is 3. The van der Waals surface area contributed by atoms with Gasteiger partial charge in [0.05, 0.1) is 0 Å². The molecule has 0 aromatic heterocycles. The van der Waals surface area contributed by atoms with Crippen LogP contribution in [0.5, 0.6) is 0 Å². The van der Waals surface area contributed by atoms with Gasteiger partial charge in [-0.25, -0.2) is 0 Å². The lowest BCUT2D eigenvalue weighted by Gasteiger charge is -2.06. The molecule has 0 heterocycles. The minimum Gasteiger partial charge on any atom is -0.103 e. The summed E-state index contributed by atoms with van der Waals surface area (Å²) in [6.07, 6.45) is 3.06. The standard InChI is InChI=1S/C8H13I/c1-4-5-7(2)8(3)6-9/h4,6-7H,1,5H2,2-3H3/b8-6+/t7-/m0/s1. The zero-order valence-electron chi connectivity index (χ0n) is 6.02. The Hall–Kier alpha value is 0.210. The second-order valence-electron chi connectivity index (χ2n) is 2.28. The minimum atomic E-state index is 0.666. The molecule has 0 spiro atoms. The van der Waals surface area contributed by atoms with E-state index < -0.39 is 0 Å². The van der Waals surface area contributed by atoms with E-state index in [9.17, 15) is 0 Å². The molecule has 0 unspecified atom stereocenters. The van der Waals surface area contributed by atoms with Crippen molar-refractivity contribution in [2.45, 2.75) is 20.3 Å². The quantitative estimate of drug-likeness (QED) is 0.519. The van der Waals surface area contributed by atoms with Crippen LogP contribution in [-0.2, 0) is 0 Å². The van der Waals surface area contributed by atoms with Gasteiger partial charge >= 0.3 is 0 Å². The molecule has 0 N–H and O–H groups in total. The number of hydrogen-bond donors (Lipinski definition) is 0. The van der Waals surface area contributed by atoms with Crippen LogP contribution < -0.4 is 0 Å². The number of halogens is 1. The predicted molar refractivity (Wildman–Crippen MR) is 51.8 cm³/mol. The predicted octanol–water partition coefficient (Wildman–Crippen LogP) is 3.54. The van der Waals surface area contributed by atoms with Crippen molar-refractivity contribution in [1.29, 1.82) is 0 Å². The first-order valence-corrected chi connectivity index (χ1v) is 4.34. The van der Waals surface area contributed by atoms with Crippen LogP contribution in [0.2, 0.25) is 0 Å². The van der Waals surface area contributed by atoms with E-state index in [1.54, 1.807) is 0 Å². The molecule has 0 rings (SSSR count). The molecule has 0 aliphatic heterocycles. The first-order chi connectivity index (χ1) is 4.22. The van der Waals surface area contributed by atoms with Gasteiger partial charge in [-0.1, -0.05) is 41.2 Å². The topological polar surface area (TPSA) is 0 Å². The summed E-state index contributed by atoms with van der Waals surface area (Å²) in [5.41, 5.74) is 1.44. The van der Waals surface area contributed by atoms with Crippen LogP contribution in [-0.4, -0.2) is 0 Å². The van der Waals surface area contributed by atoms with Gasteiger partial charge in [0.25, 0.3) is 0 Å². The van der Waals surface area contributed by atoms with E-state index in [4.69, 9.17) is 0 Å². The van der Waals surface area contributed by atoms with Crippen LogP contribution in [0.4, 0.5) is 0 Å². The lowest BCUT2D eigenvalue weighted by molar-refractivity contribution is 0.698. The van der Waals surface area contributed by atoms with E-state index in [0.717, 1.165) is 6.42 Å². The molecule has 0 nitrogen and oxygen atoms in total. The monoisotopic (exact) mass is 236 g/mol. The van der Waals surface area contributed by atoms with Crippen molar-refractivity contribution in [2.75, 3.05) is 0 Å². The SMILES string of the molecule is C=CC[C@H](C)/C(C)=C/I. The van der Waals surface area contributed by atoms with Gasteiger partial charge in [0, 0.05) is 0 Å². The second kappa shape index (κ2) is 5.03. The zero-order chi connectivity index (χ0) is 7.28. The summed E-state index contributed by atoms with van der Waals surface area (Å²) in [6.45, 7) is 8.06. The molecule has 0 radical (unpaired) electrons. The molecule has 0 fully saturated rings. The van der Waals surface area contributed by atoms with E-state index in [1.165, 1.54) is 5.57 Å². The molecule has 0 saturated heterocycles.